The van der Waals surface area contributed by atoms with E-state index in [0.29, 0.717) is 19.3 Å². The average Bonchev–Trinajstić information content (AvgIpc) is 3.35. The average molecular weight is 953 g/mol. The molecule has 0 aromatic rings. The van der Waals surface area contributed by atoms with E-state index in [9.17, 15) is 14.4 Å². The van der Waals surface area contributed by atoms with Gasteiger partial charge in [-0.2, -0.15) is 0 Å². The molecule has 0 saturated carbocycles. The third-order valence-electron chi connectivity index (χ3n) is 11.1. The monoisotopic (exact) mass is 953 g/mol. The van der Waals surface area contributed by atoms with Gasteiger partial charge in [-0.25, -0.2) is 0 Å². The summed E-state index contributed by atoms with van der Waals surface area (Å²) >= 11 is 0. The first-order valence-electron chi connectivity index (χ1n) is 27.7. The van der Waals surface area contributed by atoms with E-state index in [1.54, 1.807) is 0 Å². The summed E-state index contributed by atoms with van der Waals surface area (Å²) < 4.78 is 16.8. The Hall–Kier alpha value is -4.45. The Morgan fingerprint density at radius 2 is 0.551 bits per heavy atom. The van der Waals surface area contributed by atoms with Crippen LogP contribution in [0.3, 0.4) is 0 Å². The first-order valence-corrected chi connectivity index (χ1v) is 27.7. The van der Waals surface area contributed by atoms with Gasteiger partial charge >= 0.3 is 17.9 Å². The molecule has 0 radical (unpaired) electrons. The van der Waals surface area contributed by atoms with Crippen molar-refractivity contribution in [2.45, 2.75) is 232 Å². The lowest BCUT2D eigenvalue weighted by molar-refractivity contribution is -0.166. The summed E-state index contributed by atoms with van der Waals surface area (Å²) in [5.74, 6) is -1.02. The molecule has 0 aromatic carbocycles. The van der Waals surface area contributed by atoms with Crippen molar-refractivity contribution in [3.05, 3.63) is 134 Å². The Morgan fingerprint density at radius 1 is 0.290 bits per heavy atom. The predicted molar refractivity (Wildman–Crippen MR) is 297 cm³/mol. The Balaban J connectivity index is 4.47. The zero-order chi connectivity index (χ0) is 50.0. The van der Waals surface area contributed by atoms with Crippen molar-refractivity contribution in [2.75, 3.05) is 13.2 Å². The van der Waals surface area contributed by atoms with Gasteiger partial charge in [0.25, 0.3) is 0 Å². The Kier molecular flexibility index (Phi) is 52.5. The maximum atomic E-state index is 12.8. The molecule has 69 heavy (non-hydrogen) atoms. The molecule has 0 aromatic heterocycles. The molecular weight excluding hydrogens is 853 g/mol. The molecule has 0 saturated heterocycles. The topological polar surface area (TPSA) is 78.9 Å². The van der Waals surface area contributed by atoms with Crippen LogP contribution < -0.4 is 0 Å². The summed E-state index contributed by atoms with van der Waals surface area (Å²) in [5.41, 5.74) is 0. The van der Waals surface area contributed by atoms with E-state index < -0.39 is 6.10 Å². The number of carbonyl (C=O) groups excluding carboxylic acids is 3. The summed E-state index contributed by atoms with van der Waals surface area (Å²) in [6.07, 6.45) is 78.8. The smallest absolute Gasteiger partial charge is 0.306 e. The number of esters is 3. The number of hydrogen-bond donors (Lipinski definition) is 0. The van der Waals surface area contributed by atoms with E-state index in [1.807, 2.05) is 12.2 Å². The van der Waals surface area contributed by atoms with Crippen LogP contribution in [0.15, 0.2) is 134 Å². The SMILES string of the molecule is CC/C=C\C/C=C\C/C=C\C/C=C\CCCCCCCCCCC(=O)OCC(COC(=O)CC/C=C\C/C=C\C/C=C\C/C=C\CC)OC(=O)CCCCCCCCC/C=C\C/C=C\C/C=C\CC. The molecule has 0 aliphatic heterocycles. The zero-order valence-corrected chi connectivity index (χ0v) is 44.3. The van der Waals surface area contributed by atoms with E-state index in [-0.39, 0.29) is 37.5 Å². The van der Waals surface area contributed by atoms with Crippen LogP contribution >= 0.6 is 0 Å². The largest absolute Gasteiger partial charge is 0.462 e. The van der Waals surface area contributed by atoms with Gasteiger partial charge in [-0.15, -0.1) is 0 Å². The van der Waals surface area contributed by atoms with Gasteiger partial charge in [0.2, 0.25) is 0 Å². The molecule has 0 N–H and O–H groups in total. The van der Waals surface area contributed by atoms with E-state index in [4.69, 9.17) is 14.2 Å². The number of allylic oxidation sites excluding steroid dienone is 22. The molecule has 1 unspecified atom stereocenters. The summed E-state index contributed by atoms with van der Waals surface area (Å²) in [6.45, 7) is 6.21. The second-order valence-corrected chi connectivity index (χ2v) is 17.7. The van der Waals surface area contributed by atoms with Crippen LogP contribution in [-0.4, -0.2) is 37.2 Å². The van der Waals surface area contributed by atoms with Gasteiger partial charge in [0, 0.05) is 19.3 Å². The van der Waals surface area contributed by atoms with Crippen LogP contribution in [0, 0.1) is 0 Å². The van der Waals surface area contributed by atoms with Crippen molar-refractivity contribution in [2.24, 2.45) is 0 Å². The number of carbonyl (C=O) groups is 3. The first kappa shape index (κ1) is 64.5. The molecule has 0 rings (SSSR count). The van der Waals surface area contributed by atoms with Gasteiger partial charge < -0.3 is 14.2 Å². The highest BCUT2D eigenvalue weighted by Crippen LogP contribution is 2.14. The Labute approximate surface area is 424 Å². The maximum absolute atomic E-state index is 12.8. The highest BCUT2D eigenvalue weighted by atomic mass is 16.6. The van der Waals surface area contributed by atoms with Crippen molar-refractivity contribution in [3.8, 4) is 0 Å². The second kappa shape index (κ2) is 56.1. The Morgan fingerprint density at radius 3 is 0.899 bits per heavy atom. The molecule has 1 atom stereocenters. The van der Waals surface area contributed by atoms with E-state index in [2.05, 4.69) is 142 Å². The molecule has 0 aliphatic rings. The molecule has 0 amide bonds. The molecule has 0 aliphatic carbocycles. The lowest BCUT2D eigenvalue weighted by Gasteiger charge is -2.18. The van der Waals surface area contributed by atoms with Crippen LogP contribution in [-0.2, 0) is 28.6 Å². The van der Waals surface area contributed by atoms with Crippen molar-refractivity contribution in [1.82, 2.24) is 0 Å². The van der Waals surface area contributed by atoms with Gasteiger partial charge in [0.05, 0.1) is 0 Å². The van der Waals surface area contributed by atoms with Gasteiger partial charge in [-0.3, -0.25) is 14.4 Å². The molecule has 6 heteroatoms. The summed E-state index contributed by atoms with van der Waals surface area (Å²) in [5, 5.41) is 0. The van der Waals surface area contributed by atoms with E-state index in [0.717, 1.165) is 128 Å². The van der Waals surface area contributed by atoms with Crippen LogP contribution in [0.2, 0.25) is 0 Å². The number of ether oxygens (including phenoxy) is 3. The maximum Gasteiger partial charge on any atom is 0.306 e. The molecule has 6 nitrogen and oxygen atoms in total. The van der Waals surface area contributed by atoms with E-state index >= 15 is 0 Å². The molecule has 388 valence electrons. The fourth-order valence-electron chi connectivity index (χ4n) is 7.11. The second-order valence-electron chi connectivity index (χ2n) is 17.7. The van der Waals surface area contributed by atoms with Crippen LogP contribution in [0.25, 0.3) is 0 Å². The standard InChI is InChI=1S/C63H100O6/c1-4-7-10-13-16-19-22-25-27-29-30-31-32-34-35-38-41-44-47-50-53-56-62(65)68-59-60(58-67-61(64)55-52-49-46-43-40-37-24-21-18-15-12-9-6-3)69-63(66)57-54-51-48-45-42-39-36-33-28-26-23-20-17-14-11-8-5-2/h7-12,16-21,25-28,30-31,37,40,46,49,60H,4-6,13-15,22-24,29,32-36,38-39,41-45,47-48,50-59H2,1-3H3/b10-7-,11-8-,12-9-,19-16-,20-17-,21-18-,27-25-,28-26-,31-30-,40-37-,49-46-. The van der Waals surface area contributed by atoms with Crippen molar-refractivity contribution in [1.29, 1.82) is 0 Å². The minimum Gasteiger partial charge on any atom is -0.462 e. The van der Waals surface area contributed by atoms with Gasteiger partial charge in [0.1, 0.15) is 13.2 Å². The third-order valence-corrected chi connectivity index (χ3v) is 11.1. The molecule has 0 fully saturated rings. The van der Waals surface area contributed by atoms with Gasteiger partial charge in [-0.1, -0.05) is 225 Å². The molecule has 0 spiro atoms. The van der Waals surface area contributed by atoms with Gasteiger partial charge in [-0.05, 0) is 116 Å². The Bertz CT molecular complexity index is 1510. The number of rotatable bonds is 48. The molecule has 0 heterocycles. The lowest BCUT2D eigenvalue weighted by atomic mass is 10.1. The van der Waals surface area contributed by atoms with Crippen molar-refractivity contribution < 1.29 is 28.6 Å². The quantitative estimate of drug-likeness (QED) is 0.0262. The third kappa shape index (κ3) is 54.4. The van der Waals surface area contributed by atoms with Crippen LogP contribution in [0.1, 0.15) is 226 Å². The fraction of sp³-hybridized carbons (Fsp3) is 0.603. The lowest BCUT2D eigenvalue weighted by Crippen LogP contribution is -2.30. The van der Waals surface area contributed by atoms with Crippen LogP contribution in [0.5, 0.6) is 0 Å². The van der Waals surface area contributed by atoms with Crippen molar-refractivity contribution in [3.63, 3.8) is 0 Å². The minimum absolute atomic E-state index is 0.113. The van der Waals surface area contributed by atoms with Crippen molar-refractivity contribution >= 4 is 17.9 Å². The molecular formula is C63H100O6. The highest BCUT2D eigenvalue weighted by molar-refractivity contribution is 5.71. The van der Waals surface area contributed by atoms with Crippen LogP contribution in [0.4, 0.5) is 0 Å². The highest BCUT2D eigenvalue weighted by Gasteiger charge is 2.19. The van der Waals surface area contributed by atoms with Gasteiger partial charge in [0.15, 0.2) is 6.10 Å². The zero-order valence-electron chi connectivity index (χ0n) is 44.3. The first-order chi connectivity index (χ1) is 34.0. The number of unbranched alkanes of at least 4 members (excludes halogenated alkanes) is 15. The summed E-state index contributed by atoms with van der Waals surface area (Å²) in [6, 6.07) is 0. The predicted octanol–water partition coefficient (Wildman–Crippen LogP) is 18.6. The molecule has 0 bridgehead atoms. The summed E-state index contributed by atoms with van der Waals surface area (Å²) in [7, 11) is 0. The minimum atomic E-state index is -0.821. The normalized spacial score (nSPS) is 13.1. The van der Waals surface area contributed by atoms with E-state index in [1.165, 1.54) is 51.4 Å². The number of hydrogen-bond acceptors (Lipinski definition) is 6. The fourth-order valence-corrected chi connectivity index (χ4v) is 7.11. The summed E-state index contributed by atoms with van der Waals surface area (Å²) in [4.78, 5) is 38.1.